The van der Waals surface area contributed by atoms with E-state index in [1.54, 1.807) is 6.92 Å². The van der Waals surface area contributed by atoms with Crippen molar-refractivity contribution in [2.75, 3.05) is 13.1 Å². The van der Waals surface area contributed by atoms with Crippen LogP contribution in [0.5, 0.6) is 0 Å². The highest BCUT2D eigenvalue weighted by molar-refractivity contribution is 5.78. The van der Waals surface area contributed by atoms with Gasteiger partial charge in [-0.3, -0.25) is 9.59 Å². The highest BCUT2D eigenvalue weighted by atomic mass is 16.2. The van der Waals surface area contributed by atoms with Gasteiger partial charge in [0, 0.05) is 32.0 Å². The zero-order chi connectivity index (χ0) is 15.1. The minimum Gasteiger partial charge on any atom is -0.354 e. The molecule has 2 aliphatic carbocycles. The van der Waals surface area contributed by atoms with E-state index in [1.165, 1.54) is 38.5 Å². The van der Waals surface area contributed by atoms with Crippen LogP contribution in [0, 0.1) is 5.92 Å². The van der Waals surface area contributed by atoms with Gasteiger partial charge in [-0.2, -0.15) is 0 Å². The van der Waals surface area contributed by atoms with E-state index in [9.17, 15) is 9.59 Å². The number of rotatable bonds is 5. The number of amides is 2. The average Bonchev–Trinajstić information content (AvgIpc) is 2.52. The molecule has 0 radical (unpaired) electrons. The third-order valence-electron chi connectivity index (χ3n) is 5.05. The molecule has 0 bridgehead atoms. The van der Waals surface area contributed by atoms with Crippen LogP contribution in [0.4, 0.5) is 0 Å². The van der Waals surface area contributed by atoms with Crippen molar-refractivity contribution in [2.24, 2.45) is 5.92 Å². The fourth-order valence-corrected chi connectivity index (χ4v) is 3.80. The summed E-state index contributed by atoms with van der Waals surface area (Å²) in [7, 11) is 0. The van der Waals surface area contributed by atoms with E-state index in [0.29, 0.717) is 19.1 Å². The highest BCUT2D eigenvalue weighted by Gasteiger charge is 2.24. The van der Waals surface area contributed by atoms with Gasteiger partial charge in [0.05, 0.1) is 0 Å². The van der Waals surface area contributed by atoms with Gasteiger partial charge in [-0.05, 0) is 25.7 Å². The van der Waals surface area contributed by atoms with Crippen LogP contribution in [0.25, 0.3) is 0 Å². The summed E-state index contributed by atoms with van der Waals surface area (Å²) in [6, 6.07) is 0.392. The van der Waals surface area contributed by atoms with Crippen LogP contribution >= 0.6 is 0 Å². The van der Waals surface area contributed by atoms with Gasteiger partial charge in [0.1, 0.15) is 0 Å². The van der Waals surface area contributed by atoms with Crippen LogP contribution in [0.1, 0.15) is 71.1 Å². The summed E-state index contributed by atoms with van der Waals surface area (Å²) >= 11 is 0. The quantitative estimate of drug-likeness (QED) is 0.847. The summed E-state index contributed by atoms with van der Waals surface area (Å²) in [5, 5.41) is 3.04. The van der Waals surface area contributed by atoms with E-state index >= 15 is 0 Å². The zero-order valence-corrected chi connectivity index (χ0v) is 13.4. The number of hydrogen-bond donors (Lipinski definition) is 1. The number of hydrogen-bond acceptors (Lipinski definition) is 2. The molecule has 2 fully saturated rings. The number of nitrogens with zero attached hydrogens (tertiary/aromatic N) is 1. The number of carbonyl (C=O) groups is 2. The Hall–Kier alpha value is -1.06. The lowest BCUT2D eigenvalue weighted by atomic mass is 9.89. The summed E-state index contributed by atoms with van der Waals surface area (Å²) in [6.07, 6.45) is 11.7. The average molecular weight is 294 g/mol. The summed E-state index contributed by atoms with van der Waals surface area (Å²) in [5.41, 5.74) is 0. The molecule has 0 aliphatic heterocycles. The smallest absolute Gasteiger partial charge is 0.223 e. The standard InChI is InChI=1S/C17H30N2O2/c1-14(20)19(16-10-6-3-7-11-16)13-12-18-17(21)15-8-4-2-5-9-15/h15-16H,2-13H2,1H3,(H,18,21). The first-order valence-electron chi connectivity index (χ1n) is 8.73. The Morgan fingerprint density at radius 2 is 1.52 bits per heavy atom. The van der Waals surface area contributed by atoms with Crippen LogP contribution in [-0.4, -0.2) is 35.8 Å². The molecule has 2 amide bonds. The molecule has 0 unspecified atom stereocenters. The van der Waals surface area contributed by atoms with Crippen LogP contribution in [-0.2, 0) is 9.59 Å². The summed E-state index contributed by atoms with van der Waals surface area (Å²) in [6.45, 7) is 2.92. The van der Waals surface area contributed by atoms with Crippen molar-refractivity contribution in [2.45, 2.75) is 77.2 Å². The van der Waals surface area contributed by atoms with Gasteiger partial charge < -0.3 is 10.2 Å². The lowest BCUT2D eigenvalue weighted by molar-refractivity contribution is -0.132. The number of nitrogens with one attached hydrogen (secondary N) is 1. The van der Waals surface area contributed by atoms with Gasteiger partial charge in [0.2, 0.25) is 11.8 Å². The van der Waals surface area contributed by atoms with Crippen molar-refractivity contribution in [3.05, 3.63) is 0 Å². The molecule has 1 N–H and O–H groups in total. The van der Waals surface area contributed by atoms with E-state index in [1.807, 2.05) is 4.90 Å². The van der Waals surface area contributed by atoms with Crippen LogP contribution in [0.2, 0.25) is 0 Å². The Labute approximate surface area is 128 Å². The van der Waals surface area contributed by atoms with Crippen molar-refractivity contribution in [1.82, 2.24) is 10.2 Å². The molecule has 0 spiro atoms. The van der Waals surface area contributed by atoms with Gasteiger partial charge in [0.15, 0.2) is 0 Å². The Morgan fingerprint density at radius 3 is 2.10 bits per heavy atom. The van der Waals surface area contributed by atoms with Gasteiger partial charge in [-0.15, -0.1) is 0 Å². The van der Waals surface area contributed by atoms with E-state index in [-0.39, 0.29) is 17.7 Å². The van der Waals surface area contributed by atoms with E-state index in [2.05, 4.69) is 5.32 Å². The van der Waals surface area contributed by atoms with E-state index in [0.717, 1.165) is 25.7 Å². The topological polar surface area (TPSA) is 49.4 Å². The molecule has 4 nitrogen and oxygen atoms in total. The normalized spacial score (nSPS) is 21.0. The monoisotopic (exact) mass is 294 g/mol. The van der Waals surface area contributed by atoms with Crippen molar-refractivity contribution in [3.8, 4) is 0 Å². The molecule has 0 saturated heterocycles. The Morgan fingerprint density at radius 1 is 0.952 bits per heavy atom. The Balaban J connectivity index is 1.73. The van der Waals surface area contributed by atoms with Gasteiger partial charge in [-0.1, -0.05) is 38.5 Å². The molecule has 0 aromatic heterocycles. The van der Waals surface area contributed by atoms with Gasteiger partial charge >= 0.3 is 0 Å². The molecule has 21 heavy (non-hydrogen) atoms. The molecular weight excluding hydrogens is 264 g/mol. The largest absolute Gasteiger partial charge is 0.354 e. The first-order chi connectivity index (χ1) is 10.2. The first-order valence-corrected chi connectivity index (χ1v) is 8.73. The second-order valence-electron chi connectivity index (χ2n) is 6.63. The third kappa shape index (κ3) is 5.01. The predicted molar refractivity (Wildman–Crippen MR) is 83.8 cm³/mol. The van der Waals surface area contributed by atoms with E-state index in [4.69, 9.17) is 0 Å². The molecule has 0 aromatic rings. The molecule has 120 valence electrons. The molecule has 2 rings (SSSR count). The highest BCUT2D eigenvalue weighted by Crippen LogP contribution is 2.24. The fraction of sp³-hybridized carbons (Fsp3) is 0.882. The molecule has 0 aromatic carbocycles. The summed E-state index contributed by atoms with van der Waals surface area (Å²) in [4.78, 5) is 25.9. The molecule has 2 aliphatic rings. The molecule has 4 heteroatoms. The Kier molecular flexibility index (Phi) is 6.52. The van der Waals surface area contributed by atoms with Crippen LogP contribution in [0.15, 0.2) is 0 Å². The maximum Gasteiger partial charge on any atom is 0.223 e. The van der Waals surface area contributed by atoms with Crippen molar-refractivity contribution in [3.63, 3.8) is 0 Å². The summed E-state index contributed by atoms with van der Waals surface area (Å²) in [5.74, 6) is 0.551. The van der Waals surface area contributed by atoms with Crippen LogP contribution < -0.4 is 5.32 Å². The van der Waals surface area contributed by atoms with Gasteiger partial charge in [0.25, 0.3) is 0 Å². The van der Waals surface area contributed by atoms with Crippen LogP contribution in [0.3, 0.4) is 0 Å². The Bertz CT molecular complexity index is 345. The molecule has 2 saturated carbocycles. The van der Waals surface area contributed by atoms with Crippen molar-refractivity contribution in [1.29, 1.82) is 0 Å². The molecular formula is C17H30N2O2. The molecule has 0 heterocycles. The second-order valence-corrected chi connectivity index (χ2v) is 6.63. The zero-order valence-electron chi connectivity index (χ0n) is 13.4. The lowest BCUT2D eigenvalue weighted by Crippen LogP contribution is -2.45. The predicted octanol–water partition coefficient (Wildman–Crippen LogP) is 2.86. The minimum absolute atomic E-state index is 0.147. The first kappa shape index (κ1) is 16.3. The lowest BCUT2D eigenvalue weighted by Gasteiger charge is -2.34. The minimum atomic E-state index is 0.147. The van der Waals surface area contributed by atoms with Crippen molar-refractivity contribution >= 4 is 11.8 Å². The summed E-state index contributed by atoms with van der Waals surface area (Å²) < 4.78 is 0. The van der Waals surface area contributed by atoms with E-state index < -0.39 is 0 Å². The maximum absolute atomic E-state index is 12.1. The van der Waals surface area contributed by atoms with Crippen molar-refractivity contribution < 1.29 is 9.59 Å². The molecule has 0 atom stereocenters. The maximum atomic E-state index is 12.1. The number of carbonyl (C=O) groups excluding carboxylic acids is 2. The SMILES string of the molecule is CC(=O)N(CCNC(=O)C1CCCCC1)C1CCCCC1. The van der Waals surface area contributed by atoms with Gasteiger partial charge in [-0.25, -0.2) is 0 Å². The third-order valence-corrected chi connectivity index (χ3v) is 5.05. The second kappa shape index (κ2) is 8.40. The fourth-order valence-electron chi connectivity index (χ4n) is 3.80.